The molecule has 8 heteroatoms. The molecular weight excluding hydrogens is 316 g/mol. The Kier molecular flexibility index (Phi) is 5.57. The predicted molar refractivity (Wildman–Crippen MR) is 92.5 cm³/mol. The molecule has 0 radical (unpaired) electrons. The molecule has 1 amide bonds. The van der Waals surface area contributed by atoms with Crippen LogP contribution < -0.4 is 15.5 Å². The van der Waals surface area contributed by atoms with Crippen LogP contribution in [0.5, 0.6) is 0 Å². The minimum Gasteiger partial charge on any atom is -0.368 e. The number of hydrogen-bond donors (Lipinski definition) is 2. The summed E-state index contributed by atoms with van der Waals surface area (Å²) in [6.45, 7) is 5.73. The van der Waals surface area contributed by atoms with Crippen molar-refractivity contribution in [2.45, 2.75) is 6.92 Å². The van der Waals surface area contributed by atoms with Crippen LogP contribution in [0.3, 0.4) is 0 Å². The summed E-state index contributed by atoms with van der Waals surface area (Å²) in [4.78, 5) is 18.8. The zero-order valence-corrected chi connectivity index (χ0v) is 14.1. The molecule has 2 aromatic rings. The lowest BCUT2D eigenvalue weighted by Crippen LogP contribution is -2.43. The van der Waals surface area contributed by atoms with E-state index in [-0.39, 0.29) is 18.3 Å². The van der Waals surface area contributed by atoms with Crippen molar-refractivity contribution < 1.29 is 4.79 Å². The van der Waals surface area contributed by atoms with Gasteiger partial charge in [-0.2, -0.15) is 5.10 Å². The monoisotopic (exact) mass is 336 g/mol. The topological polar surface area (TPSA) is 75.1 Å². The second-order valence-electron chi connectivity index (χ2n) is 5.39. The molecule has 0 bridgehead atoms. The summed E-state index contributed by atoms with van der Waals surface area (Å²) in [5.41, 5.74) is 2.35. The molecule has 1 aliphatic heterocycles. The lowest BCUT2D eigenvalue weighted by Gasteiger charge is -2.29. The third-order valence-electron chi connectivity index (χ3n) is 3.73. The van der Waals surface area contributed by atoms with Crippen molar-refractivity contribution >= 4 is 29.8 Å². The molecule has 23 heavy (non-hydrogen) atoms. The Labute approximate surface area is 141 Å². The van der Waals surface area contributed by atoms with E-state index in [2.05, 4.69) is 25.6 Å². The fourth-order valence-electron chi connectivity index (χ4n) is 2.58. The van der Waals surface area contributed by atoms with Crippen molar-refractivity contribution in [3.63, 3.8) is 0 Å². The lowest BCUT2D eigenvalue weighted by molar-refractivity contribution is 0.102. The Balaban J connectivity index is 0.00000192. The van der Waals surface area contributed by atoms with E-state index in [1.807, 2.05) is 19.1 Å². The van der Waals surface area contributed by atoms with Crippen molar-refractivity contribution in [1.29, 1.82) is 0 Å². The van der Waals surface area contributed by atoms with Gasteiger partial charge in [-0.15, -0.1) is 12.4 Å². The number of aryl methyl sites for hydroxylation is 2. The first-order chi connectivity index (χ1) is 10.6. The Morgan fingerprint density at radius 2 is 2.04 bits per heavy atom. The number of rotatable bonds is 3. The van der Waals surface area contributed by atoms with Crippen molar-refractivity contribution in [3.05, 3.63) is 35.8 Å². The molecule has 1 saturated heterocycles. The molecule has 7 nitrogen and oxygen atoms in total. The third kappa shape index (κ3) is 4.00. The summed E-state index contributed by atoms with van der Waals surface area (Å²) >= 11 is 0. The molecular formula is C15H21ClN6O. The standard InChI is InChI=1S/C15H20N6O.ClH/c1-11-13(10-20(2)19-11)15(22)18-14-4-3-12(9-17-14)21-7-5-16-6-8-21;/h3-4,9-10,16H,5-8H2,1-2H3,(H,17,18,22);1H. The molecule has 1 fully saturated rings. The molecule has 0 aliphatic carbocycles. The Bertz CT molecular complexity index is 663. The number of carbonyl (C=O) groups is 1. The van der Waals surface area contributed by atoms with Crippen molar-refractivity contribution in [2.24, 2.45) is 7.05 Å². The highest BCUT2D eigenvalue weighted by atomic mass is 35.5. The highest BCUT2D eigenvalue weighted by Gasteiger charge is 2.14. The summed E-state index contributed by atoms with van der Waals surface area (Å²) in [5, 5.41) is 10.3. The molecule has 3 heterocycles. The Hall–Kier alpha value is -2.12. The number of nitrogens with zero attached hydrogens (tertiary/aromatic N) is 4. The quantitative estimate of drug-likeness (QED) is 0.881. The Morgan fingerprint density at radius 1 is 1.30 bits per heavy atom. The molecule has 0 aromatic carbocycles. The molecule has 1 aliphatic rings. The number of amides is 1. The fourth-order valence-corrected chi connectivity index (χ4v) is 2.58. The van der Waals surface area contributed by atoms with Crippen molar-refractivity contribution in [3.8, 4) is 0 Å². The van der Waals surface area contributed by atoms with E-state index < -0.39 is 0 Å². The zero-order valence-electron chi connectivity index (χ0n) is 13.2. The number of pyridine rings is 1. The van der Waals surface area contributed by atoms with Crippen LogP contribution in [0.2, 0.25) is 0 Å². The van der Waals surface area contributed by atoms with Gasteiger partial charge < -0.3 is 15.5 Å². The summed E-state index contributed by atoms with van der Waals surface area (Å²) in [6.07, 6.45) is 3.51. The van der Waals surface area contributed by atoms with E-state index in [1.54, 1.807) is 24.1 Å². The van der Waals surface area contributed by atoms with Gasteiger partial charge in [0.1, 0.15) is 5.82 Å². The van der Waals surface area contributed by atoms with Gasteiger partial charge in [0.25, 0.3) is 5.91 Å². The average Bonchev–Trinajstić information content (AvgIpc) is 2.88. The van der Waals surface area contributed by atoms with Gasteiger partial charge in [-0.3, -0.25) is 9.48 Å². The molecule has 0 atom stereocenters. The van der Waals surface area contributed by atoms with Gasteiger partial charge in [-0.1, -0.05) is 0 Å². The van der Waals surface area contributed by atoms with Crippen LogP contribution in [-0.2, 0) is 7.05 Å². The highest BCUT2D eigenvalue weighted by Crippen LogP contribution is 2.16. The van der Waals surface area contributed by atoms with Crippen LogP contribution in [-0.4, -0.2) is 46.9 Å². The van der Waals surface area contributed by atoms with E-state index in [4.69, 9.17) is 0 Å². The summed E-state index contributed by atoms with van der Waals surface area (Å²) < 4.78 is 1.63. The van der Waals surface area contributed by atoms with E-state index in [9.17, 15) is 4.79 Å². The van der Waals surface area contributed by atoms with E-state index in [0.29, 0.717) is 17.1 Å². The van der Waals surface area contributed by atoms with Gasteiger partial charge >= 0.3 is 0 Å². The van der Waals surface area contributed by atoms with Gasteiger partial charge in [0.15, 0.2) is 0 Å². The number of anilines is 2. The van der Waals surface area contributed by atoms with Gasteiger partial charge in [-0.05, 0) is 19.1 Å². The number of aromatic nitrogens is 3. The average molecular weight is 337 g/mol. The predicted octanol–water partition coefficient (Wildman–Crippen LogP) is 1.21. The number of piperazine rings is 1. The third-order valence-corrected chi connectivity index (χ3v) is 3.73. The van der Waals surface area contributed by atoms with Crippen LogP contribution in [0.15, 0.2) is 24.5 Å². The molecule has 0 saturated carbocycles. The molecule has 124 valence electrons. The number of halogens is 1. The molecule has 0 unspecified atom stereocenters. The first-order valence-electron chi connectivity index (χ1n) is 7.37. The second-order valence-corrected chi connectivity index (χ2v) is 5.39. The van der Waals surface area contributed by atoms with Crippen LogP contribution in [0.1, 0.15) is 16.1 Å². The number of carbonyl (C=O) groups excluding carboxylic acids is 1. The van der Waals surface area contributed by atoms with Crippen LogP contribution in [0.4, 0.5) is 11.5 Å². The van der Waals surface area contributed by atoms with E-state index in [0.717, 1.165) is 31.9 Å². The largest absolute Gasteiger partial charge is 0.368 e. The molecule has 3 rings (SSSR count). The normalized spacial score (nSPS) is 14.3. The zero-order chi connectivity index (χ0) is 15.5. The highest BCUT2D eigenvalue weighted by molar-refractivity contribution is 6.04. The van der Waals surface area contributed by atoms with Gasteiger partial charge in [0.2, 0.25) is 0 Å². The maximum atomic E-state index is 12.2. The minimum absolute atomic E-state index is 0. The lowest BCUT2D eigenvalue weighted by atomic mass is 10.2. The summed E-state index contributed by atoms with van der Waals surface area (Å²) in [7, 11) is 1.80. The molecule has 0 spiro atoms. The summed E-state index contributed by atoms with van der Waals surface area (Å²) in [5.74, 6) is 0.361. The van der Waals surface area contributed by atoms with Crippen LogP contribution >= 0.6 is 12.4 Å². The number of hydrogen-bond acceptors (Lipinski definition) is 5. The second kappa shape index (κ2) is 7.43. The van der Waals surface area contributed by atoms with Gasteiger partial charge in [-0.25, -0.2) is 4.98 Å². The van der Waals surface area contributed by atoms with Crippen molar-refractivity contribution in [1.82, 2.24) is 20.1 Å². The minimum atomic E-state index is -0.187. The van der Waals surface area contributed by atoms with Crippen LogP contribution in [0, 0.1) is 6.92 Å². The first kappa shape index (κ1) is 17.2. The summed E-state index contributed by atoms with van der Waals surface area (Å²) in [6, 6.07) is 3.82. The maximum absolute atomic E-state index is 12.2. The first-order valence-corrected chi connectivity index (χ1v) is 7.37. The van der Waals surface area contributed by atoms with E-state index >= 15 is 0 Å². The maximum Gasteiger partial charge on any atom is 0.260 e. The van der Waals surface area contributed by atoms with Crippen LogP contribution in [0.25, 0.3) is 0 Å². The molecule has 2 N–H and O–H groups in total. The van der Waals surface area contributed by atoms with Crippen molar-refractivity contribution in [2.75, 3.05) is 36.4 Å². The number of nitrogens with one attached hydrogen (secondary N) is 2. The van der Waals surface area contributed by atoms with Gasteiger partial charge in [0, 0.05) is 39.4 Å². The fraction of sp³-hybridized carbons (Fsp3) is 0.400. The Morgan fingerprint density at radius 3 is 2.61 bits per heavy atom. The molecule has 2 aromatic heterocycles. The van der Waals surface area contributed by atoms with Gasteiger partial charge in [0.05, 0.1) is 23.1 Å². The SMILES string of the molecule is Cc1nn(C)cc1C(=O)Nc1ccc(N2CCNCC2)cn1.Cl. The van der Waals surface area contributed by atoms with E-state index in [1.165, 1.54) is 0 Å². The smallest absolute Gasteiger partial charge is 0.260 e.